The summed E-state index contributed by atoms with van der Waals surface area (Å²) in [5.74, 6) is 0.233. The summed E-state index contributed by atoms with van der Waals surface area (Å²) >= 11 is 0. The van der Waals surface area contributed by atoms with E-state index in [0.717, 1.165) is 10.8 Å². The first-order chi connectivity index (χ1) is 13.1. The molecule has 0 bridgehead atoms. The second-order valence-corrected chi connectivity index (χ2v) is 5.94. The van der Waals surface area contributed by atoms with Gasteiger partial charge in [0.1, 0.15) is 11.5 Å². The smallest absolute Gasteiger partial charge is 0.279 e. The van der Waals surface area contributed by atoms with Crippen molar-refractivity contribution in [2.75, 3.05) is 7.11 Å². The molecule has 6 nitrogen and oxygen atoms in total. The normalized spacial score (nSPS) is 11.5. The lowest BCUT2D eigenvalue weighted by Gasteiger charge is -2.15. The Morgan fingerprint density at radius 3 is 2.41 bits per heavy atom. The summed E-state index contributed by atoms with van der Waals surface area (Å²) in [6.45, 7) is 1.61. The lowest BCUT2D eigenvalue weighted by molar-refractivity contribution is -0.128. The summed E-state index contributed by atoms with van der Waals surface area (Å²) < 4.78 is 10.8. The third-order valence-electron chi connectivity index (χ3n) is 4.03. The van der Waals surface area contributed by atoms with Gasteiger partial charge in [-0.15, -0.1) is 0 Å². The number of rotatable bonds is 5. The molecular weight excluding hydrogens is 344 g/mol. The van der Waals surface area contributed by atoms with E-state index in [4.69, 9.17) is 9.47 Å². The van der Waals surface area contributed by atoms with Gasteiger partial charge in [0.25, 0.3) is 11.8 Å². The van der Waals surface area contributed by atoms with Crippen molar-refractivity contribution in [3.63, 3.8) is 0 Å². The Morgan fingerprint density at radius 2 is 1.63 bits per heavy atom. The molecule has 0 unspecified atom stereocenters. The van der Waals surface area contributed by atoms with E-state index in [2.05, 4.69) is 10.9 Å². The van der Waals surface area contributed by atoms with Crippen LogP contribution in [-0.4, -0.2) is 25.0 Å². The van der Waals surface area contributed by atoms with E-state index in [-0.39, 0.29) is 0 Å². The zero-order valence-electron chi connectivity index (χ0n) is 15.1. The number of carbonyl (C=O) groups excluding carboxylic acids is 2. The van der Waals surface area contributed by atoms with Crippen molar-refractivity contribution >= 4 is 22.6 Å². The Bertz CT molecular complexity index is 971. The van der Waals surface area contributed by atoms with Crippen LogP contribution in [-0.2, 0) is 4.79 Å². The second kappa shape index (κ2) is 8.23. The van der Waals surface area contributed by atoms with E-state index in [0.29, 0.717) is 17.1 Å². The van der Waals surface area contributed by atoms with Crippen LogP contribution in [0.1, 0.15) is 17.3 Å². The van der Waals surface area contributed by atoms with Gasteiger partial charge in [0.15, 0.2) is 6.10 Å². The molecule has 0 radical (unpaired) electrons. The number of benzene rings is 3. The standard InChI is InChI=1S/C21H20N2O4/c1-14(27-19-11-10-15-6-3-4-7-16(15)12-19)20(24)22-23-21(25)17-8-5-9-18(13-17)26-2/h3-14H,1-2H3,(H,22,24)(H,23,25)/t14-/m0/s1. The average molecular weight is 364 g/mol. The summed E-state index contributed by atoms with van der Waals surface area (Å²) in [5, 5.41) is 2.11. The Balaban J connectivity index is 1.57. The van der Waals surface area contributed by atoms with Crippen molar-refractivity contribution in [2.24, 2.45) is 0 Å². The maximum absolute atomic E-state index is 12.2. The number of fused-ring (bicyclic) bond motifs is 1. The van der Waals surface area contributed by atoms with Gasteiger partial charge in [-0.3, -0.25) is 20.4 Å². The van der Waals surface area contributed by atoms with Crippen LogP contribution >= 0.6 is 0 Å². The van der Waals surface area contributed by atoms with E-state index in [9.17, 15) is 9.59 Å². The number of methoxy groups -OCH3 is 1. The molecular formula is C21H20N2O4. The van der Waals surface area contributed by atoms with Crippen molar-refractivity contribution in [1.29, 1.82) is 0 Å². The van der Waals surface area contributed by atoms with Crippen LogP contribution < -0.4 is 20.3 Å². The monoisotopic (exact) mass is 364 g/mol. The zero-order chi connectivity index (χ0) is 19.2. The number of ether oxygens (including phenoxy) is 2. The maximum atomic E-state index is 12.2. The summed E-state index contributed by atoms with van der Waals surface area (Å²) in [6, 6.07) is 20.1. The van der Waals surface area contributed by atoms with E-state index >= 15 is 0 Å². The highest BCUT2D eigenvalue weighted by Gasteiger charge is 2.16. The molecule has 138 valence electrons. The number of hydrogen-bond acceptors (Lipinski definition) is 4. The maximum Gasteiger partial charge on any atom is 0.279 e. The van der Waals surface area contributed by atoms with Crippen molar-refractivity contribution in [3.05, 3.63) is 72.3 Å². The molecule has 3 rings (SSSR count). The van der Waals surface area contributed by atoms with Gasteiger partial charge in [-0.25, -0.2) is 0 Å². The van der Waals surface area contributed by atoms with Gasteiger partial charge < -0.3 is 9.47 Å². The summed E-state index contributed by atoms with van der Waals surface area (Å²) in [7, 11) is 1.52. The quantitative estimate of drug-likeness (QED) is 0.682. The van der Waals surface area contributed by atoms with Crippen LogP contribution in [0.2, 0.25) is 0 Å². The van der Waals surface area contributed by atoms with Gasteiger partial charge in [-0.05, 0) is 48.0 Å². The fourth-order valence-electron chi connectivity index (χ4n) is 2.55. The number of amides is 2. The van der Waals surface area contributed by atoms with E-state index < -0.39 is 17.9 Å². The molecule has 0 fully saturated rings. The first-order valence-electron chi connectivity index (χ1n) is 8.46. The van der Waals surface area contributed by atoms with E-state index in [1.54, 1.807) is 37.3 Å². The average Bonchev–Trinajstić information content (AvgIpc) is 2.71. The highest BCUT2D eigenvalue weighted by atomic mass is 16.5. The minimum Gasteiger partial charge on any atom is -0.497 e. The van der Waals surface area contributed by atoms with Crippen LogP contribution in [0, 0.1) is 0 Å². The summed E-state index contributed by atoms with van der Waals surface area (Å²) in [6.07, 6.45) is -0.781. The molecule has 0 aromatic heterocycles. The minimum absolute atomic E-state index is 0.373. The third-order valence-corrected chi connectivity index (χ3v) is 4.03. The molecule has 2 N–H and O–H groups in total. The topological polar surface area (TPSA) is 76.7 Å². The molecule has 0 aliphatic heterocycles. The van der Waals surface area contributed by atoms with Crippen molar-refractivity contribution < 1.29 is 19.1 Å². The predicted octanol–water partition coefficient (Wildman–Crippen LogP) is 3.08. The Labute approximate surface area is 157 Å². The molecule has 27 heavy (non-hydrogen) atoms. The first-order valence-corrected chi connectivity index (χ1v) is 8.46. The van der Waals surface area contributed by atoms with Crippen LogP contribution in [0.4, 0.5) is 0 Å². The van der Waals surface area contributed by atoms with Crippen LogP contribution in [0.3, 0.4) is 0 Å². The third kappa shape index (κ3) is 4.55. The molecule has 2 amide bonds. The molecule has 0 spiro atoms. The summed E-state index contributed by atoms with van der Waals surface area (Å²) in [5.41, 5.74) is 5.12. The molecule has 0 heterocycles. The lowest BCUT2D eigenvalue weighted by Crippen LogP contribution is -2.47. The predicted molar refractivity (Wildman–Crippen MR) is 103 cm³/mol. The van der Waals surface area contributed by atoms with Gasteiger partial charge >= 0.3 is 0 Å². The number of nitrogens with one attached hydrogen (secondary N) is 2. The van der Waals surface area contributed by atoms with Crippen molar-refractivity contribution in [1.82, 2.24) is 10.9 Å². The Morgan fingerprint density at radius 1 is 0.852 bits per heavy atom. The molecule has 0 aliphatic rings. The molecule has 0 saturated heterocycles. The fraction of sp³-hybridized carbons (Fsp3) is 0.143. The fourth-order valence-corrected chi connectivity index (χ4v) is 2.55. The highest BCUT2D eigenvalue weighted by molar-refractivity contribution is 5.96. The van der Waals surface area contributed by atoms with Crippen LogP contribution in [0.15, 0.2) is 66.7 Å². The highest BCUT2D eigenvalue weighted by Crippen LogP contribution is 2.21. The Kier molecular flexibility index (Phi) is 5.56. The molecule has 1 atom stereocenters. The number of hydrogen-bond donors (Lipinski definition) is 2. The first kappa shape index (κ1) is 18.3. The van der Waals surface area contributed by atoms with Gasteiger partial charge in [0.2, 0.25) is 0 Å². The zero-order valence-corrected chi connectivity index (χ0v) is 15.1. The van der Waals surface area contributed by atoms with Gasteiger partial charge in [0.05, 0.1) is 7.11 Å². The lowest BCUT2D eigenvalue weighted by atomic mass is 10.1. The van der Waals surface area contributed by atoms with E-state index in [1.165, 1.54) is 7.11 Å². The van der Waals surface area contributed by atoms with Crippen LogP contribution in [0.5, 0.6) is 11.5 Å². The number of hydrazine groups is 1. The van der Waals surface area contributed by atoms with Crippen LogP contribution in [0.25, 0.3) is 10.8 Å². The molecule has 3 aromatic rings. The second-order valence-electron chi connectivity index (χ2n) is 5.94. The largest absolute Gasteiger partial charge is 0.497 e. The molecule has 6 heteroatoms. The van der Waals surface area contributed by atoms with Crippen molar-refractivity contribution in [3.8, 4) is 11.5 Å². The molecule has 3 aromatic carbocycles. The molecule has 0 saturated carbocycles. The Hall–Kier alpha value is -3.54. The van der Waals surface area contributed by atoms with Gasteiger partial charge in [-0.2, -0.15) is 0 Å². The number of carbonyl (C=O) groups is 2. The minimum atomic E-state index is -0.781. The SMILES string of the molecule is COc1cccc(C(=O)NNC(=O)[C@H](C)Oc2ccc3ccccc3c2)c1. The van der Waals surface area contributed by atoms with Gasteiger partial charge in [-0.1, -0.05) is 36.4 Å². The van der Waals surface area contributed by atoms with Crippen molar-refractivity contribution in [2.45, 2.75) is 13.0 Å². The summed E-state index contributed by atoms with van der Waals surface area (Å²) in [4.78, 5) is 24.3. The molecule has 0 aliphatic carbocycles. The van der Waals surface area contributed by atoms with E-state index in [1.807, 2.05) is 36.4 Å². The van der Waals surface area contributed by atoms with Gasteiger partial charge in [0, 0.05) is 5.56 Å².